The summed E-state index contributed by atoms with van der Waals surface area (Å²) in [4.78, 5) is 35.7. The van der Waals surface area contributed by atoms with E-state index in [0.717, 1.165) is 6.42 Å². The third-order valence-corrected chi connectivity index (χ3v) is 3.91. The van der Waals surface area contributed by atoms with E-state index < -0.39 is 17.9 Å². The third-order valence-electron chi connectivity index (χ3n) is 3.91. The summed E-state index contributed by atoms with van der Waals surface area (Å²) in [6.07, 6.45) is 0.821. The van der Waals surface area contributed by atoms with Crippen LogP contribution >= 0.6 is 0 Å². The van der Waals surface area contributed by atoms with Crippen LogP contribution in [0, 0.1) is 0 Å². The number of hydrogen-bond donors (Lipinski definition) is 2. The fourth-order valence-electron chi connectivity index (χ4n) is 2.49. The Balaban J connectivity index is 1.88. The van der Waals surface area contributed by atoms with Gasteiger partial charge in [-0.3, -0.25) is 9.59 Å². The van der Waals surface area contributed by atoms with Crippen LogP contribution in [0.5, 0.6) is 5.75 Å². The molecule has 0 aliphatic rings. The molecule has 2 aromatic carbocycles. The van der Waals surface area contributed by atoms with Crippen molar-refractivity contribution in [1.82, 2.24) is 5.32 Å². The highest BCUT2D eigenvalue weighted by atomic mass is 16.5. The SMILES string of the molecule is CCCOc1ccc(C(=O)CCC(=O)N[C@@H](C(=O)O)c2ccccc2)cc1. The van der Waals surface area contributed by atoms with Crippen molar-refractivity contribution in [2.24, 2.45) is 0 Å². The molecule has 0 saturated heterocycles. The number of carbonyl (C=O) groups excluding carboxylic acids is 2. The third kappa shape index (κ3) is 6.26. The Morgan fingerprint density at radius 3 is 2.26 bits per heavy atom. The van der Waals surface area contributed by atoms with Gasteiger partial charge >= 0.3 is 5.97 Å². The molecule has 0 aliphatic heterocycles. The van der Waals surface area contributed by atoms with E-state index in [0.29, 0.717) is 23.5 Å². The highest BCUT2D eigenvalue weighted by Crippen LogP contribution is 2.16. The second kappa shape index (κ2) is 10.1. The topological polar surface area (TPSA) is 92.7 Å². The molecular weight excluding hydrogens is 346 g/mol. The Hall–Kier alpha value is -3.15. The van der Waals surface area contributed by atoms with Gasteiger partial charge < -0.3 is 15.2 Å². The van der Waals surface area contributed by atoms with Crippen LogP contribution in [-0.4, -0.2) is 29.4 Å². The summed E-state index contributed by atoms with van der Waals surface area (Å²) in [6.45, 7) is 2.62. The molecule has 0 fully saturated rings. The number of nitrogens with one attached hydrogen (secondary N) is 1. The van der Waals surface area contributed by atoms with Gasteiger partial charge in [0.25, 0.3) is 0 Å². The number of hydrogen-bond acceptors (Lipinski definition) is 4. The summed E-state index contributed by atoms with van der Waals surface area (Å²) in [6, 6.07) is 14.1. The molecule has 1 atom stereocenters. The Bertz CT molecular complexity index is 771. The van der Waals surface area contributed by atoms with Crippen LogP contribution < -0.4 is 10.1 Å². The van der Waals surface area contributed by atoms with E-state index in [1.807, 2.05) is 6.92 Å². The number of carboxylic acid groups (broad SMARTS) is 1. The molecule has 2 rings (SSSR count). The van der Waals surface area contributed by atoms with E-state index >= 15 is 0 Å². The molecule has 0 heterocycles. The fourth-order valence-corrected chi connectivity index (χ4v) is 2.49. The second-order valence-electron chi connectivity index (χ2n) is 6.05. The van der Waals surface area contributed by atoms with Crippen LogP contribution in [-0.2, 0) is 9.59 Å². The number of carboxylic acids is 1. The van der Waals surface area contributed by atoms with Gasteiger partial charge in [-0.05, 0) is 36.2 Å². The molecule has 1 amide bonds. The molecule has 0 aromatic heterocycles. The maximum atomic E-state index is 12.2. The van der Waals surface area contributed by atoms with Gasteiger partial charge in [-0.15, -0.1) is 0 Å². The molecule has 142 valence electrons. The zero-order valence-corrected chi connectivity index (χ0v) is 15.2. The van der Waals surface area contributed by atoms with Crippen molar-refractivity contribution in [1.29, 1.82) is 0 Å². The number of carbonyl (C=O) groups is 3. The van der Waals surface area contributed by atoms with Crippen LogP contribution in [0.4, 0.5) is 0 Å². The summed E-state index contributed by atoms with van der Waals surface area (Å²) in [7, 11) is 0. The summed E-state index contributed by atoms with van der Waals surface area (Å²) in [5.74, 6) is -1.12. The summed E-state index contributed by atoms with van der Waals surface area (Å²) < 4.78 is 5.47. The molecule has 0 saturated carbocycles. The lowest BCUT2D eigenvalue weighted by molar-refractivity contribution is -0.142. The number of ether oxygens (including phenoxy) is 1. The number of benzene rings is 2. The number of aliphatic carboxylic acids is 1. The van der Waals surface area contributed by atoms with Crippen LogP contribution in [0.1, 0.15) is 48.1 Å². The van der Waals surface area contributed by atoms with Gasteiger partial charge in [-0.25, -0.2) is 4.79 Å². The first-order valence-electron chi connectivity index (χ1n) is 8.84. The molecule has 27 heavy (non-hydrogen) atoms. The molecule has 0 spiro atoms. The predicted octanol–water partition coefficient (Wildman–Crippen LogP) is 3.38. The van der Waals surface area contributed by atoms with Crippen LogP contribution in [0.2, 0.25) is 0 Å². The van der Waals surface area contributed by atoms with Crippen molar-refractivity contribution in [2.45, 2.75) is 32.2 Å². The van der Waals surface area contributed by atoms with E-state index in [1.165, 1.54) is 0 Å². The highest BCUT2D eigenvalue weighted by molar-refractivity contribution is 5.98. The lowest BCUT2D eigenvalue weighted by Crippen LogP contribution is -2.33. The van der Waals surface area contributed by atoms with Crippen molar-refractivity contribution in [2.75, 3.05) is 6.61 Å². The Morgan fingerprint density at radius 2 is 1.67 bits per heavy atom. The fraction of sp³-hybridized carbons (Fsp3) is 0.286. The van der Waals surface area contributed by atoms with Gasteiger partial charge in [-0.2, -0.15) is 0 Å². The molecular formula is C21H23NO5. The van der Waals surface area contributed by atoms with Crippen molar-refractivity contribution in [3.05, 3.63) is 65.7 Å². The lowest BCUT2D eigenvalue weighted by atomic mass is 10.0. The maximum Gasteiger partial charge on any atom is 0.330 e. The predicted molar refractivity (Wildman–Crippen MR) is 101 cm³/mol. The first-order chi connectivity index (χ1) is 13.0. The van der Waals surface area contributed by atoms with Gasteiger partial charge in [0.2, 0.25) is 5.91 Å². The Kier molecular flexibility index (Phi) is 7.55. The monoisotopic (exact) mass is 369 g/mol. The van der Waals surface area contributed by atoms with E-state index in [-0.39, 0.29) is 18.6 Å². The van der Waals surface area contributed by atoms with Gasteiger partial charge in [0.05, 0.1) is 6.61 Å². The normalized spacial score (nSPS) is 11.4. The van der Waals surface area contributed by atoms with Crippen LogP contribution in [0.25, 0.3) is 0 Å². The average Bonchev–Trinajstić information content (AvgIpc) is 2.69. The molecule has 6 nitrogen and oxygen atoms in total. The Labute approximate surface area is 158 Å². The van der Waals surface area contributed by atoms with Crippen molar-refractivity contribution >= 4 is 17.7 Å². The zero-order valence-electron chi connectivity index (χ0n) is 15.2. The quantitative estimate of drug-likeness (QED) is 0.626. The highest BCUT2D eigenvalue weighted by Gasteiger charge is 2.22. The van der Waals surface area contributed by atoms with Crippen LogP contribution in [0.3, 0.4) is 0 Å². The standard InChI is InChI=1S/C21H23NO5/c1-2-14-27-17-10-8-15(9-11-17)18(23)12-13-19(24)22-20(21(25)26)16-6-4-3-5-7-16/h3-11,20H,2,12-14H2,1H3,(H,22,24)(H,25,26)/t20-/m1/s1. The molecule has 0 aliphatic carbocycles. The maximum absolute atomic E-state index is 12.2. The van der Waals surface area contributed by atoms with E-state index in [4.69, 9.17) is 4.74 Å². The Morgan fingerprint density at radius 1 is 1.00 bits per heavy atom. The van der Waals surface area contributed by atoms with Crippen molar-refractivity contribution < 1.29 is 24.2 Å². The molecule has 2 aromatic rings. The van der Waals surface area contributed by atoms with Crippen molar-refractivity contribution in [3.63, 3.8) is 0 Å². The van der Waals surface area contributed by atoms with Gasteiger partial charge in [0, 0.05) is 18.4 Å². The van der Waals surface area contributed by atoms with E-state index in [1.54, 1.807) is 54.6 Å². The number of rotatable bonds is 10. The molecule has 0 radical (unpaired) electrons. The van der Waals surface area contributed by atoms with Gasteiger partial charge in [0.1, 0.15) is 5.75 Å². The van der Waals surface area contributed by atoms with E-state index in [2.05, 4.69) is 5.32 Å². The molecule has 2 N–H and O–H groups in total. The van der Waals surface area contributed by atoms with Crippen molar-refractivity contribution in [3.8, 4) is 5.75 Å². The summed E-state index contributed by atoms with van der Waals surface area (Å²) in [5, 5.41) is 11.8. The zero-order chi connectivity index (χ0) is 19.6. The molecule has 0 unspecified atom stereocenters. The molecule has 0 bridgehead atoms. The van der Waals surface area contributed by atoms with Crippen LogP contribution in [0.15, 0.2) is 54.6 Å². The lowest BCUT2D eigenvalue weighted by Gasteiger charge is -2.14. The first-order valence-corrected chi connectivity index (χ1v) is 8.84. The largest absolute Gasteiger partial charge is 0.494 e. The smallest absolute Gasteiger partial charge is 0.330 e. The number of amides is 1. The van der Waals surface area contributed by atoms with E-state index in [9.17, 15) is 19.5 Å². The minimum Gasteiger partial charge on any atom is -0.494 e. The van der Waals surface area contributed by atoms with Gasteiger partial charge in [0.15, 0.2) is 11.8 Å². The minimum absolute atomic E-state index is 0.00211. The summed E-state index contributed by atoms with van der Waals surface area (Å²) >= 11 is 0. The second-order valence-corrected chi connectivity index (χ2v) is 6.05. The first kappa shape index (κ1) is 20.2. The molecule has 6 heteroatoms. The average molecular weight is 369 g/mol. The number of ketones is 1. The minimum atomic E-state index is -1.15. The number of Topliss-reactive ketones (excluding diaryl/α,β-unsaturated/α-hetero) is 1. The van der Waals surface area contributed by atoms with Gasteiger partial charge in [-0.1, -0.05) is 37.3 Å². The summed E-state index contributed by atoms with van der Waals surface area (Å²) in [5.41, 5.74) is 0.969.